The zero-order valence-corrected chi connectivity index (χ0v) is 13.0. The smallest absolute Gasteiger partial charge is 0.275 e. The van der Waals surface area contributed by atoms with E-state index in [9.17, 15) is 8.22 Å². The van der Waals surface area contributed by atoms with Gasteiger partial charge in [0.15, 0.2) is 0 Å². The fraction of sp³-hybridized carbons (Fsp3) is 0.600. The molecule has 0 aliphatic heterocycles. The van der Waals surface area contributed by atoms with Gasteiger partial charge in [-0.3, -0.25) is 8.22 Å². The Bertz CT molecular complexity index is 347. The summed E-state index contributed by atoms with van der Waals surface area (Å²) >= 11 is 0. The van der Waals surface area contributed by atoms with Crippen molar-refractivity contribution in [2.45, 2.75) is 58.4 Å². The van der Waals surface area contributed by atoms with Crippen molar-refractivity contribution in [1.82, 2.24) is 0 Å². The zero-order valence-electron chi connectivity index (χ0n) is 11.8. The van der Waals surface area contributed by atoms with Crippen LogP contribution in [0.1, 0.15) is 62.6 Å². The summed E-state index contributed by atoms with van der Waals surface area (Å²) < 4.78 is 24.6. The highest BCUT2D eigenvalue weighted by Crippen LogP contribution is 2.24. The molecule has 0 N–H and O–H groups in total. The Labute approximate surface area is 111 Å². The SMILES string of the molecule is CC(C)c1cc(CCC[SiH](F)F)cc(C(C)C)c1. The largest absolute Gasteiger partial charge is 0.411 e. The van der Waals surface area contributed by atoms with E-state index in [2.05, 4.69) is 45.9 Å². The fourth-order valence-electron chi connectivity index (χ4n) is 2.02. The summed E-state index contributed by atoms with van der Waals surface area (Å²) in [4.78, 5) is 0. The highest BCUT2D eigenvalue weighted by molar-refractivity contribution is 6.42. The maximum atomic E-state index is 12.3. The van der Waals surface area contributed by atoms with Crippen molar-refractivity contribution >= 4 is 9.46 Å². The van der Waals surface area contributed by atoms with Gasteiger partial charge in [-0.2, -0.15) is 0 Å². The van der Waals surface area contributed by atoms with Gasteiger partial charge < -0.3 is 0 Å². The molecule has 0 fully saturated rings. The van der Waals surface area contributed by atoms with Gasteiger partial charge >= 0.3 is 9.46 Å². The van der Waals surface area contributed by atoms with Crippen molar-refractivity contribution < 1.29 is 8.22 Å². The van der Waals surface area contributed by atoms with Crippen molar-refractivity contribution in [3.8, 4) is 0 Å². The van der Waals surface area contributed by atoms with Gasteiger partial charge in [0, 0.05) is 0 Å². The molecule has 0 bridgehead atoms. The second-order valence-corrected chi connectivity index (χ2v) is 6.96. The molecule has 0 nitrogen and oxygen atoms in total. The van der Waals surface area contributed by atoms with Crippen LogP contribution >= 0.6 is 0 Å². The molecule has 0 aliphatic carbocycles. The predicted octanol–water partition coefficient (Wildman–Crippen LogP) is 5.03. The Morgan fingerprint density at radius 3 is 1.83 bits per heavy atom. The summed E-state index contributed by atoms with van der Waals surface area (Å²) in [5.41, 5.74) is 3.87. The number of rotatable bonds is 6. The molecule has 0 saturated heterocycles. The van der Waals surface area contributed by atoms with Crippen LogP contribution < -0.4 is 0 Å². The van der Waals surface area contributed by atoms with E-state index in [0.29, 0.717) is 18.3 Å². The molecule has 0 saturated carbocycles. The minimum atomic E-state index is -3.38. The summed E-state index contributed by atoms with van der Waals surface area (Å²) in [5, 5.41) is 0. The Hall–Kier alpha value is -0.703. The molecule has 1 aromatic rings. The molecule has 1 rings (SSSR count). The highest BCUT2D eigenvalue weighted by atomic mass is 28.4. The molecule has 0 heterocycles. The van der Waals surface area contributed by atoms with Crippen LogP contribution in [0.5, 0.6) is 0 Å². The standard InChI is InChI=1S/C15H24F2Si/c1-11(2)14-8-13(6-5-7-18(16)17)9-15(10-14)12(3)4/h8-12,18H,5-7H2,1-4H3. The van der Waals surface area contributed by atoms with Crippen molar-refractivity contribution in [1.29, 1.82) is 0 Å². The van der Waals surface area contributed by atoms with Gasteiger partial charge in [-0.25, -0.2) is 0 Å². The Balaban J connectivity index is 2.83. The third-order valence-electron chi connectivity index (χ3n) is 3.26. The first-order chi connectivity index (χ1) is 8.40. The summed E-state index contributed by atoms with van der Waals surface area (Å²) in [7, 11) is -3.38. The first kappa shape index (κ1) is 15.4. The lowest BCUT2D eigenvalue weighted by molar-refractivity contribution is 0.641. The molecule has 1 aromatic carbocycles. The molecular formula is C15H24F2Si. The predicted molar refractivity (Wildman–Crippen MR) is 77.1 cm³/mol. The van der Waals surface area contributed by atoms with Crippen LogP contribution in [0.25, 0.3) is 0 Å². The number of halogens is 2. The van der Waals surface area contributed by atoms with Crippen LogP contribution in [0.2, 0.25) is 6.04 Å². The minimum absolute atomic E-state index is 0.142. The third-order valence-corrected chi connectivity index (χ3v) is 4.10. The first-order valence-corrected chi connectivity index (χ1v) is 8.51. The number of hydrogen-bond donors (Lipinski definition) is 0. The van der Waals surface area contributed by atoms with Gasteiger partial charge in [0.2, 0.25) is 0 Å². The van der Waals surface area contributed by atoms with Crippen molar-refractivity contribution in [2.75, 3.05) is 0 Å². The van der Waals surface area contributed by atoms with Crippen LogP contribution in [0.3, 0.4) is 0 Å². The van der Waals surface area contributed by atoms with E-state index in [1.807, 2.05) is 0 Å². The number of benzene rings is 1. The Morgan fingerprint density at radius 1 is 0.944 bits per heavy atom. The van der Waals surface area contributed by atoms with Crippen LogP contribution in [0, 0.1) is 0 Å². The molecule has 0 unspecified atom stereocenters. The van der Waals surface area contributed by atoms with Crippen LogP contribution in [-0.2, 0) is 6.42 Å². The molecule has 0 amide bonds. The average Bonchev–Trinajstić information content (AvgIpc) is 2.28. The number of aryl methyl sites for hydroxylation is 1. The lowest BCUT2D eigenvalue weighted by Crippen LogP contribution is -2.00. The second-order valence-electron chi connectivity index (χ2n) is 5.60. The molecule has 0 radical (unpaired) electrons. The quantitative estimate of drug-likeness (QED) is 0.502. The molecular weight excluding hydrogens is 246 g/mol. The van der Waals surface area contributed by atoms with E-state index in [0.717, 1.165) is 6.42 Å². The van der Waals surface area contributed by atoms with Crippen molar-refractivity contribution in [3.05, 3.63) is 34.9 Å². The van der Waals surface area contributed by atoms with Gasteiger partial charge in [0.1, 0.15) is 0 Å². The maximum absolute atomic E-state index is 12.3. The Kier molecular flexibility index (Phi) is 5.99. The van der Waals surface area contributed by atoms with Crippen LogP contribution in [0.15, 0.2) is 18.2 Å². The molecule has 0 aromatic heterocycles. The fourth-order valence-corrected chi connectivity index (χ4v) is 2.53. The van der Waals surface area contributed by atoms with Gasteiger partial charge in [-0.05, 0) is 47.4 Å². The normalized spacial score (nSPS) is 11.8. The van der Waals surface area contributed by atoms with E-state index >= 15 is 0 Å². The molecule has 3 heteroatoms. The highest BCUT2D eigenvalue weighted by Gasteiger charge is 2.09. The van der Waals surface area contributed by atoms with Gasteiger partial charge in [0.05, 0.1) is 0 Å². The zero-order chi connectivity index (χ0) is 13.7. The molecule has 0 aliphatic rings. The average molecular weight is 270 g/mol. The van der Waals surface area contributed by atoms with Crippen molar-refractivity contribution in [2.24, 2.45) is 0 Å². The van der Waals surface area contributed by atoms with E-state index in [-0.39, 0.29) is 6.04 Å². The van der Waals surface area contributed by atoms with E-state index in [1.165, 1.54) is 16.7 Å². The second kappa shape index (κ2) is 7.03. The Morgan fingerprint density at radius 2 is 1.44 bits per heavy atom. The van der Waals surface area contributed by atoms with Gasteiger partial charge in [0.25, 0.3) is 0 Å². The van der Waals surface area contributed by atoms with Crippen LogP contribution in [-0.4, -0.2) is 9.46 Å². The third kappa shape index (κ3) is 4.89. The summed E-state index contributed by atoms with van der Waals surface area (Å²) in [6.45, 7) is 8.70. The molecule has 0 atom stereocenters. The summed E-state index contributed by atoms with van der Waals surface area (Å²) in [5.74, 6) is 0.985. The van der Waals surface area contributed by atoms with Gasteiger partial charge in [-0.15, -0.1) is 0 Å². The maximum Gasteiger partial charge on any atom is 0.411 e. The first-order valence-electron chi connectivity index (χ1n) is 6.82. The molecule has 102 valence electrons. The summed E-state index contributed by atoms with van der Waals surface area (Å²) in [6.07, 6.45) is 1.42. The monoisotopic (exact) mass is 270 g/mol. The summed E-state index contributed by atoms with van der Waals surface area (Å²) in [6, 6.07) is 6.76. The van der Waals surface area contributed by atoms with Gasteiger partial charge in [-0.1, -0.05) is 45.9 Å². The molecule has 18 heavy (non-hydrogen) atoms. The minimum Gasteiger partial charge on any atom is -0.275 e. The van der Waals surface area contributed by atoms with Crippen LogP contribution in [0.4, 0.5) is 8.22 Å². The topological polar surface area (TPSA) is 0 Å². The lowest BCUT2D eigenvalue weighted by atomic mass is 9.92. The number of hydrogen-bond acceptors (Lipinski definition) is 0. The van der Waals surface area contributed by atoms with E-state index in [4.69, 9.17) is 0 Å². The van der Waals surface area contributed by atoms with E-state index < -0.39 is 9.46 Å². The molecule has 0 spiro atoms. The van der Waals surface area contributed by atoms with Crippen molar-refractivity contribution in [3.63, 3.8) is 0 Å². The van der Waals surface area contributed by atoms with E-state index in [1.54, 1.807) is 0 Å². The lowest BCUT2D eigenvalue weighted by Gasteiger charge is -2.14.